The second-order valence-corrected chi connectivity index (χ2v) is 9.99. The number of halogens is 1. The number of anilines is 1. The second kappa shape index (κ2) is 9.31. The molecule has 1 amide bonds. The van der Waals surface area contributed by atoms with Gasteiger partial charge in [0, 0.05) is 0 Å². The zero-order valence-corrected chi connectivity index (χ0v) is 18.4. The molecule has 0 fully saturated rings. The van der Waals surface area contributed by atoms with Gasteiger partial charge in [0.2, 0.25) is 0 Å². The Morgan fingerprint density at radius 3 is 2.65 bits per heavy atom. The van der Waals surface area contributed by atoms with E-state index in [2.05, 4.69) is 12.2 Å². The summed E-state index contributed by atoms with van der Waals surface area (Å²) in [6.07, 6.45) is 0.645. The zero-order chi connectivity index (χ0) is 19.4. The van der Waals surface area contributed by atoms with Gasteiger partial charge in [0.05, 0.1) is 0 Å². The fraction of sp³-hybridized carbons (Fsp3) is 0.632. The summed E-state index contributed by atoms with van der Waals surface area (Å²) >= 11 is -0.368. The summed E-state index contributed by atoms with van der Waals surface area (Å²) in [4.78, 5) is 14.7. The molecule has 2 N–H and O–H groups in total. The van der Waals surface area contributed by atoms with Gasteiger partial charge in [0.15, 0.2) is 0 Å². The first-order valence-corrected chi connectivity index (χ1v) is 11.5. The Morgan fingerprint density at radius 1 is 1.38 bits per heavy atom. The number of benzene rings is 1. The van der Waals surface area contributed by atoms with Crippen molar-refractivity contribution in [3.05, 3.63) is 23.8 Å². The standard InChI is InChI=1S/C19H29BIN2O3/c1-11(2)18-19(25)22-15(10-24)8-14-6-7-16(9-17(14)23(18)5)26-13(4)12(3)21-20/h6-7,9,11-13,15,18,24H,8,10H2,1-5H3,(H,22,25)/q-1/t12?,13?,15-,18-/m1/s1. The SMILES string of the molecule is [B][I-]C(C)C(C)Oc1ccc2c(c1)N(C)[C@H](C(C)C)C(=O)N[C@@H](CO)C2. The van der Waals surface area contributed by atoms with E-state index >= 15 is 0 Å². The topological polar surface area (TPSA) is 61.8 Å². The van der Waals surface area contributed by atoms with Gasteiger partial charge in [-0.2, -0.15) is 0 Å². The number of nitrogens with zero attached hydrogens (tertiary/aromatic N) is 1. The van der Waals surface area contributed by atoms with Crippen molar-refractivity contribution >= 4 is 17.3 Å². The van der Waals surface area contributed by atoms with E-state index in [-0.39, 0.29) is 57.6 Å². The predicted molar refractivity (Wildman–Crippen MR) is 101 cm³/mol. The fourth-order valence-electron chi connectivity index (χ4n) is 3.32. The number of carbonyl (C=O) groups is 1. The van der Waals surface area contributed by atoms with Crippen LogP contribution in [0, 0.1) is 5.92 Å². The van der Waals surface area contributed by atoms with Crippen LogP contribution in [0.4, 0.5) is 5.69 Å². The molecule has 2 unspecified atom stereocenters. The first-order valence-electron chi connectivity index (χ1n) is 9.04. The molecular formula is C19H29BIN2O3-. The molecular weight excluding hydrogens is 442 g/mol. The van der Waals surface area contributed by atoms with Gasteiger partial charge in [-0.25, -0.2) is 0 Å². The van der Waals surface area contributed by atoms with Gasteiger partial charge in [-0.3, -0.25) is 0 Å². The van der Waals surface area contributed by atoms with Crippen LogP contribution in [0.2, 0.25) is 0 Å². The van der Waals surface area contributed by atoms with Crippen LogP contribution in [0.5, 0.6) is 5.75 Å². The maximum absolute atomic E-state index is 12.7. The molecule has 1 heterocycles. The summed E-state index contributed by atoms with van der Waals surface area (Å²) in [5, 5.41) is 12.6. The normalized spacial score (nSPS) is 23.0. The molecule has 26 heavy (non-hydrogen) atoms. The van der Waals surface area contributed by atoms with E-state index in [4.69, 9.17) is 10.4 Å². The Morgan fingerprint density at radius 2 is 2.08 bits per heavy atom. The number of fused-ring (bicyclic) bond motifs is 1. The van der Waals surface area contributed by atoms with Crippen molar-refractivity contribution in [3.63, 3.8) is 0 Å². The molecule has 4 atom stereocenters. The Bertz CT molecular complexity index is 629. The van der Waals surface area contributed by atoms with Crippen LogP contribution in [0.15, 0.2) is 18.2 Å². The molecule has 1 aliphatic rings. The van der Waals surface area contributed by atoms with Crippen molar-refractivity contribution < 1.29 is 35.6 Å². The van der Waals surface area contributed by atoms with Crippen molar-refractivity contribution in [2.24, 2.45) is 5.92 Å². The number of aliphatic hydroxyl groups excluding tert-OH is 1. The van der Waals surface area contributed by atoms with E-state index < -0.39 is 0 Å². The van der Waals surface area contributed by atoms with Crippen LogP contribution in [0.3, 0.4) is 0 Å². The first kappa shape index (κ1) is 21.3. The predicted octanol–water partition coefficient (Wildman–Crippen LogP) is -1.49. The summed E-state index contributed by atoms with van der Waals surface area (Å²) in [7, 11) is 1.95. The third kappa shape index (κ3) is 4.85. The van der Waals surface area contributed by atoms with Gasteiger partial charge in [0.1, 0.15) is 0 Å². The minimum absolute atomic E-state index is 0.0478. The molecule has 1 aromatic rings. The molecule has 0 saturated heterocycles. The molecule has 5 nitrogen and oxygen atoms in total. The monoisotopic (exact) mass is 471 g/mol. The summed E-state index contributed by atoms with van der Waals surface area (Å²) < 4.78 is 6.46. The molecule has 0 aromatic heterocycles. The molecule has 0 aliphatic carbocycles. The van der Waals surface area contributed by atoms with Crippen LogP contribution < -0.4 is 35.9 Å². The van der Waals surface area contributed by atoms with E-state index in [1.165, 1.54) is 0 Å². The summed E-state index contributed by atoms with van der Waals surface area (Å²) in [5.74, 6) is 0.876. The molecule has 0 spiro atoms. The van der Waals surface area contributed by atoms with Gasteiger partial charge in [-0.05, 0) is 0 Å². The number of ether oxygens (including phenoxy) is 1. The molecule has 2 radical (unpaired) electrons. The Balaban J connectivity index is 2.39. The third-order valence-electron chi connectivity index (χ3n) is 4.95. The van der Waals surface area contributed by atoms with E-state index in [1.807, 2.05) is 50.9 Å². The Labute approximate surface area is 168 Å². The molecule has 0 saturated carbocycles. The van der Waals surface area contributed by atoms with Gasteiger partial charge in [0.25, 0.3) is 0 Å². The third-order valence-corrected chi connectivity index (χ3v) is 7.10. The molecule has 144 valence electrons. The number of rotatable bonds is 6. The number of hydrogen-bond donors (Lipinski definition) is 2. The van der Waals surface area contributed by atoms with Crippen LogP contribution >= 0.6 is 0 Å². The molecule has 0 bridgehead atoms. The van der Waals surface area contributed by atoms with Crippen LogP contribution in [0.1, 0.15) is 33.3 Å². The second-order valence-electron chi connectivity index (χ2n) is 7.31. The number of likely N-dealkylation sites (N-methyl/N-ethyl adjacent to an activating group) is 1. The molecule has 2 rings (SSSR count). The number of hydrogen-bond acceptors (Lipinski definition) is 4. The van der Waals surface area contributed by atoms with E-state index in [1.54, 1.807) is 0 Å². The average molecular weight is 471 g/mol. The van der Waals surface area contributed by atoms with Crippen LogP contribution in [-0.4, -0.2) is 52.5 Å². The molecule has 7 heteroatoms. The van der Waals surface area contributed by atoms with Crippen molar-refractivity contribution in [2.45, 2.75) is 56.2 Å². The quantitative estimate of drug-likeness (QED) is 0.302. The number of alkyl halides is 1. The number of amides is 1. The van der Waals surface area contributed by atoms with Crippen LogP contribution in [-0.2, 0) is 11.2 Å². The number of aliphatic hydroxyl groups is 1. The van der Waals surface area contributed by atoms with Crippen molar-refractivity contribution in [3.8, 4) is 5.75 Å². The number of carbonyl (C=O) groups excluding carboxylic acids is 1. The Kier molecular flexibility index (Phi) is 7.64. The number of nitrogens with one attached hydrogen (secondary N) is 1. The molecule has 1 aromatic carbocycles. The van der Waals surface area contributed by atoms with Gasteiger partial charge < -0.3 is 0 Å². The fourth-order valence-corrected chi connectivity index (χ4v) is 4.05. The van der Waals surface area contributed by atoms with E-state index in [9.17, 15) is 9.90 Å². The zero-order valence-electron chi connectivity index (χ0n) is 16.2. The first-order chi connectivity index (χ1) is 12.3. The van der Waals surface area contributed by atoms with Gasteiger partial charge in [-0.1, -0.05) is 0 Å². The van der Waals surface area contributed by atoms with Gasteiger partial charge >= 0.3 is 168 Å². The Hall–Kier alpha value is -0.955. The summed E-state index contributed by atoms with van der Waals surface area (Å²) in [5.41, 5.74) is 7.93. The van der Waals surface area contributed by atoms with Crippen molar-refractivity contribution in [1.82, 2.24) is 5.32 Å². The summed E-state index contributed by atoms with van der Waals surface area (Å²) in [6.45, 7) is 8.15. The van der Waals surface area contributed by atoms with E-state index in [0.29, 0.717) is 10.3 Å². The van der Waals surface area contributed by atoms with Crippen molar-refractivity contribution in [1.29, 1.82) is 0 Å². The van der Waals surface area contributed by atoms with Gasteiger partial charge in [-0.15, -0.1) is 0 Å². The maximum atomic E-state index is 12.7. The summed E-state index contributed by atoms with van der Waals surface area (Å²) in [6, 6.07) is 5.43. The van der Waals surface area contributed by atoms with E-state index in [0.717, 1.165) is 17.0 Å². The molecule has 1 aliphatic heterocycles. The van der Waals surface area contributed by atoms with Crippen LogP contribution in [0.25, 0.3) is 0 Å². The van der Waals surface area contributed by atoms with Crippen molar-refractivity contribution in [2.75, 3.05) is 18.6 Å². The average Bonchev–Trinajstić information content (AvgIpc) is 2.59. The minimum atomic E-state index is -0.368.